The third kappa shape index (κ3) is 2.71. The van der Waals surface area contributed by atoms with Crippen molar-refractivity contribution in [3.8, 4) is 5.75 Å². The van der Waals surface area contributed by atoms with E-state index >= 15 is 0 Å². The third-order valence-corrected chi connectivity index (χ3v) is 3.75. The van der Waals surface area contributed by atoms with E-state index in [2.05, 4.69) is 5.32 Å². The first kappa shape index (κ1) is 13.8. The Bertz CT molecular complexity index is 488. The van der Waals surface area contributed by atoms with Crippen molar-refractivity contribution >= 4 is 5.91 Å². The van der Waals surface area contributed by atoms with E-state index in [0.717, 1.165) is 12.8 Å². The molecule has 1 aromatic rings. The monoisotopic (exact) mass is 266 g/mol. The first-order valence-electron chi connectivity index (χ1n) is 6.37. The van der Waals surface area contributed by atoms with Crippen molar-refractivity contribution in [2.24, 2.45) is 11.7 Å². The minimum Gasteiger partial charge on any atom is -0.491 e. The molecule has 1 aliphatic carbocycles. The van der Waals surface area contributed by atoms with Gasteiger partial charge in [-0.15, -0.1) is 0 Å². The molecule has 2 rings (SSSR count). The average molecular weight is 266 g/mol. The van der Waals surface area contributed by atoms with Crippen molar-refractivity contribution < 1.29 is 13.9 Å². The van der Waals surface area contributed by atoms with Crippen LogP contribution in [0.2, 0.25) is 0 Å². The Hall–Kier alpha value is -1.62. The van der Waals surface area contributed by atoms with Crippen molar-refractivity contribution in [3.05, 3.63) is 29.6 Å². The van der Waals surface area contributed by atoms with Crippen LogP contribution in [0.3, 0.4) is 0 Å². The predicted molar refractivity (Wildman–Crippen MR) is 70.3 cm³/mol. The lowest BCUT2D eigenvalue weighted by Crippen LogP contribution is -2.59. The minimum absolute atomic E-state index is 0.163. The number of aryl methyl sites for hydroxylation is 1. The van der Waals surface area contributed by atoms with Crippen molar-refractivity contribution in [3.63, 3.8) is 0 Å². The fourth-order valence-corrected chi connectivity index (χ4v) is 2.33. The molecular weight excluding hydrogens is 247 g/mol. The number of amides is 1. The maximum absolute atomic E-state index is 13.0. The summed E-state index contributed by atoms with van der Waals surface area (Å²) in [5, 5.41) is 3.00. The number of carbonyl (C=O) groups excluding carboxylic acids is 1. The lowest BCUT2D eigenvalue weighted by molar-refractivity contribution is -0.126. The van der Waals surface area contributed by atoms with E-state index in [9.17, 15) is 9.18 Å². The molecule has 0 aromatic heterocycles. The highest BCUT2D eigenvalue weighted by atomic mass is 19.1. The van der Waals surface area contributed by atoms with Gasteiger partial charge in [-0.05, 0) is 56.5 Å². The summed E-state index contributed by atoms with van der Waals surface area (Å²) < 4.78 is 18.7. The molecule has 19 heavy (non-hydrogen) atoms. The number of halogens is 1. The Kier molecular flexibility index (Phi) is 3.75. The van der Waals surface area contributed by atoms with Crippen molar-refractivity contribution in [2.75, 3.05) is 13.7 Å². The fourth-order valence-electron chi connectivity index (χ4n) is 2.33. The van der Waals surface area contributed by atoms with Crippen LogP contribution in [-0.2, 0) is 4.79 Å². The van der Waals surface area contributed by atoms with Crippen molar-refractivity contribution in [1.29, 1.82) is 0 Å². The molecule has 4 nitrogen and oxygen atoms in total. The Morgan fingerprint density at radius 3 is 2.74 bits per heavy atom. The fraction of sp³-hybridized carbons (Fsp3) is 0.500. The van der Waals surface area contributed by atoms with Gasteiger partial charge in [-0.25, -0.2) is 4.39 Å². The van der Waals surface area contributed by atoms with Gasteiger partial charge >= 0.3 is 0 Å². The second-order valence-corrected chi connectivity index (χ2v) is 5.06. The molecule has 1 unspecified atom stereocenters. The zero-order valence-electron chi connectivity index (χ0n) is 11.2. The number of nitrogens with one attached hydrogen (secondary N) is 1. The first-order valence-corrected chi connectivity index (χ1v) is 6.37. The Morgan fingerprint density at radius 2 is 2.26 bits per heavy atom. The molecule has 0 saturated heterocycles. The summed E-state index contributed by atoms with van der Waals surface area (Å²) in [4.78, 5) is 11.7. The van der Waals surface area contributed by atoms with E-state index in [0.29, 0.717) is 11.3 Å². The molecule has 1 aliphatic rings. The lowest BCUT2D eigenvalue weighted by Gasteiger charge is -2.30. The summed E-state index contributed by atoms with van der Waals surface area (Å²) in [6.45, 7) is 1.93. The van der Waals surface area contributed by atoms with Crippen molar-refractivity contribution in [1.82, 2.24) is 5.32 Å². The number of rotatable bonds is 6. The normalized spacial score (nSPS) is 17.8. The van der Waals surface area contributed by atoms with E-state index in [1.165, 1.54) is 12.1 Å². The number of likely N-dealkylation sites (N-methyl/N-ethyl adjacent to an activating group) is 1. The van der Waals surface area contributed by atoms with Crippen LogP contribution in [0.15, 0.2) is 18.2 Å². The molecule has 1 amide bonds. The zero-order chi connectivity index (χ0) is 14.0. The van der Waals surface area contributed by atoms with Crippen LogP contribution in [-0.4, -0.2) is 25.1 Å². The SMILES string of the molecule is CNC(COc1ccc(F)cc1C)(C(N)=O)C1CC1. The van der Waals surface area contributed by atoms with Gasteiger partial charge in [0, 0.05) is 0 Å². The molecule has 1 saturated carbocycles. The Balaban J connectivity index is 2.12. The van der Waals surface area contributed by atoms with E-state index in [1.54, 1.807) is 20.0 Å². The third-order valence-electron chi connectivity index (χ3n) is 3.75. The summed E-state index contributed by atoms with van der Waals surface area (Å²) in [5.41, 5.74) is 5.37. The molecule has 3 N–H and O–H groups in total. The number of hydrogen-bond acceptors (Lipinski definition) is 3. The van der Waals surface area contributed by atoms with E-state index in [-0.39, 0.29) is 18.3 Å². The Labute approximate surface area is 112 Å². The molecule has 0 bridgehead atoms. The van der Waals surface area contributed by atoms with Gasteiger partial charge in [0.15, 0.2) is 0 Å². The molecule has 1 atom stereocenters. The van der Waals surface area contributed by atoms with Crippen LogP contribution in [0.25, 0.3) is 0 Å². The maximum Gasteiger partial charge on any atom is 0.241 e. The van der Waals surface area contributed by atoms with Crippen LogP contribution < -0.4 is 15.8 Å². The van der Waals surface area contributed by atoms with Crippen molar-refractivity contribution in [2.45, 2.75) is 25.3 Å². The van der Waals surface area contributed by atoms with Gasteiger partial charge in [-0.2, -0.15) is 0 Å². The molecule has 104 valence electrons. The van der Waals surface area contributed by atoms with E-state index < -0.39 is 11.4 Å². The van der Waals surface area contributed by atoms with Gasteiger partial charge in [-0.1, -0.05) is 0 Å². The molecule has 1 fully saturated rings. The van der Waals surface area contributed by atoms with Gasteiger partial charge in [0.25, 0.3) is 0 Å². The van der Waals surface area contributed by atoms with Crippen LogP contribution >= 0.6 is 0 Å². The van der Waals surface area contributed by atoms with E-state index in [1.807, 2.05) is 0 Å². The van der Waals surface area contributed by atoms with Crippen LogP contribution in [0, 0.1) is 18.7 Å². The number of benzene rings is 1. The van der Waals surface area contributed by atoms with Gasteiger partial charge in [-0.3, -0.25) is 4.79 Å². The number of primary amides is 1. The molecule has 0 radical (unpaired) electrons. The highest BCUT2D eigenvalue weighted by Gasteiger charge is 2.49. The molecular formula is C14H19FN2O2. The summed E-state index contributed by atoms with van der Waals surface area (Å²) >= 11 is 0. The first-order chi connectivity index (χ1) is 8.99. The highest BCUT2D eigenvalue weighted by Crippen LogP contribution is 2.40. The molecule has 0 aliphatic heterocycles. The predicted octanol–water partition coefficient (Wildman–Crippen LogP) is 1.37. The maximum atomic E-state index is 13.0. The second-order valence-electron chi connectivity index (χ2n) is 5.06. The van der Waals surface area contributed by atoms with Crippen LogP contribution in [0.1, 0.15) is 18.4 Å². The quantitative estimate of drug-likeness (QED) is 0.817. The summed E-state index contributed by atoms with van der Waals surface area (Å²) in [6.07, 6.45) is 1.94. The molecule has 0 spiro atoms. The van der Waals surface area contributed by atoms with Gasteiger partial charge < -0.3 is 15.8 Å². The lowest BCUT2D eigenvalue weighted by atomic mass is 9.93. The van der Waals surface area contributed by atoms with Gasteiger partial charge in [0.1, 0.15) is 23.7 Å². The topological polar surface area (TPSA) is 64.3 Å². The number of carbonyl (C=O) groups is 1. The van der Waals surface area contributed by atoms with Gasteiger partial charge in [0.05, 0.1) is 0 Å². The zero-order valence-corrected chi connectivity index (χ0v) is 11.2. The van der Waals surface area contributed by atoms with E-state index in [4.69, 9.17) is 10.5 Å². The average Bonchev–Trinajstić information content (AvgIpc) is 3.17. The highest BCUT2D eigenvalue weighted by molar-refractivity contribution is 5.85. The molecule has 0 heterocycles. The summed E-state index contributed by atoms with van der Waals surface area (Å²) in [7, 11) is 1.71. The summed E-state index contributed by atoms with van der Waals surface area (Å²) in [6, 6.07) is 4.31. The minimum atomic E-state index is -0.833. The smallest absolute Gasteiger partial charge is 0.241 e. The number of nitrogens with two attached hydrogens (primary N) is 1. The second kappa shape index (κ2) is 5.17. The number of ether oxygens (including phenoxy) is 1. The molecule has 5 heteroatoms. The largest absolute Gasteiger partial charge is 0.491 e. The summed E-state index contributed by atoms with van der Waals surface area (Å²) in [5.74, 6) is 0.0813. The Morgan fingerprint density at radius 1 is 1.58 bits per heavy atom. The standard InChI is InChI=1S/C14H19FN2O2/c1-9-7-11(15)5-6-12(9)19-8-14(17-2,13(16)18)10-3-4-10/h5-7,10,17H,3-4,8H2,1-2H3,(H2,16,18). The molecule has 1 aromatic carbocycles. The van der Waals surface area contributed by atoms with Crippen LogP contribution in [0.5, 0.6) is 5.75 Å². The van der Waals surface area contributed by atoms with Gasteiger partial charge in [0.2, 0.25) is 5.91 Å². The number of hydrogen-bond donors (Lipinski definition) is 2. The van der Waals surface area contributed by atoms with Crippen LogP contribution in [0.4, 0.5) is 4.39 Å².